The van der Waals surface area contributed by atoms with Crippen molar-refractivity contribution in [3.63, 3.8) is 0 Å². The van der Waals surface area contributed by atoms with Crippen LogP contribution in [0.4, 0.5) is 13.2 Å². The zero-order chi connectivity index (χ0) is 15.5. The number of alkyl halides is 3. The summed E-state index contributed by atoms with van der Waals surface area (Å²) in [7, 11) is 0. The number of pyridine rings is 1. The van der Waals surface area contributed by atoms with Crippen LogP contribution >= 0.6 is 0 Å². The number of hydrogen-bond acceptors (Lipinski definition) is 3. The van der Waals surface area contributed by atoms with E-state index in [0.717, 1.165) is 12.3 Å². The van der Waals surface area contributed by atoms with Gasteiger partial charge in [-0.1, -0.05) is 18.7 Å². The molecule has 106 valence electrons. The van der Waals surface area contributed by atoms with Crippen molar-refractivity contribution >= 4 is 6.08 Å². The van der Waals surface area contributed by atoms with Crippen LogP contribution in [0.3, 0.4) is 0 Å². The molecule has 2 aromatic rings. The Morgan fingerprint density at radius 2 is 2.00 bits per heavy atom. The monoisotopic (exact) mass is 290 g/mol. The second kappa shape index (κ2) is 5.67. The van der Waals surface area contributed by atoms with Crippen LogP contribution in [0.25, 0.3) is 6.08 Å². The molecule has 0 saturated carbocycles. The van der Waals surface area contributed by atoms with E-state index in [4.69, 9.17) is 10.00 Å². The highest BCUT2D eigenvalue weighted by atomic mass is 19.4. The van der Waals surface area contributed by atoms with Crippen molar-refractivity contribution in [2.45, 2.75) is 6.18 Å². The average molecular weight is 290 g/mol. The summed E-state index contributed by atoms with van der Waals surface area (Å²) in [4.78, 5) is 3.49. The largest absolute Gasteiger partial charge is 0.454 e. The van der Waals surface area contributed by atoms with Crippen LogP contribution in [0.1, 0.15) is 16.7 Å². The lowest BCUT2D eigenvalue weighted by Crippen LogP contribution is -2.05. The fraction of sp³-hybridized carbons (Fsp3) is 0.0667. The van der Waals surface area contributed by atoms with Gasteiger partial charge in [0.15, 0.2) is 0 Å². The van der Waals surface area contributed by atoms with Gasteiger partial charge in [-0.3, -0.25) is 4.98 Å². The molecule has 6 heteroatoms. The molecule has 1 aromatic heterocycles. The lowest BCUT2D eigenvalue weighted by atomic mass is 10.1. The molecular weight excluding hydrogens is 281 g/mol. The second-order valence-corrected chi connectivity index (χ2v) is 4.08. The standard InChI is InChI=1S/C15H9F3N2O/c1-2-10-3-4-14(11(5-10)7-19)21-13-6-12(8-20-9-13)15(16,17)18/h2-6,8-9H,1H2. The van der Waals surface area contributed by atoms with Gasteiger partial charge in [-0.15, -0.1) is 0 Å². The highest BCUT2D eigenvalue weighted by molar-refractivity contribution is 5.55. The minimum absolute atomic E-state index is 0.0901. The summed E-state index contributed by atoms with van der Waals surface area (Å²) >= 11 is 0. The first-order valence-electron chi connectivity index (χ1n) is 5.80. The van der Waals surface area contributed by atoms with E-state index in [1.54, 1.807) is 12.1 Å². The highest BCUT2D eigenvalue weighted by Gasteiger charge is 2.31. The quantitative estimate of drug-likeness (QED) is 0.841. The highest BCUT2D eigenvalue weighted by Crippen LogP contribution is 2.32. The Bertz CT molecular complexity index is 718. The lowest BCUT2D eigenvalue weighted by molar-refractivity contribution is -0.137. The maximum atomic E-state index is 12.6. The number of nitriles is 1. The van der Waals surface area contributed by atoms with Crippen molar-refractivity contribution in [1.82, 2.24) is 4.98 Å². The van der Waals surface area contributed by atoms with E-state index in [0.29, 0.717) is 11.8 Å². The van der Waals surface area contributed by atoms with E-state index in [9.17, 15) is 13.2 Å². The predicted molar refractivity (Wildman–Crippen MR) is 70.6 cm³/mol. The minimum atomic E-state index is -4.50. The van der Waals surface area contributed by atoms with Crippen LogP contribution in [-0.2, 0) is 6.18 Å². The fourth-order valence-electron chi connectivity index (χ4n) is 1.61. The Morgan fingerprint density at radius 1 is 1.24 bits per heavy atom. The van der Waals surface area contributed by atoms with E-state index in [-0.39, 0.29) is 17.1 Å². The number of benzene rings is 1. The minimum Gasteiger partial charge on any atom is -0.454 e. The molecule has 0 aliphatic heterocycles. The van der Waals surface area contributed by atoms with E-state index in [1.807, 2.05) is 6.07 Å². The molecule has 0 atom stereocenters. The molecule has 0 aliphatic carbocycles. The molecule has 1 aromatic carbocycles. The molecule has 0 saturated heterocycles. The van der Waals surface area contributed by atoms with Gasteiger partial charge in [-0.05, 0) is 23.8 Å². The number of aromatic nitrogens is 1. The third-order valence-corrected chi connectivity index (χ3v) is 2.63. The van der Waals surface area contributed by atoms with E-state index < -0.39 is 11.7 Å². The van der Waals surface area contributed by atoms with Crippen molar-refractivity contribution in [1.29, 1.82) is 5.26 Å². The summed E-state index contributed by atoms with van der Waals surface area (Å²) < 4.78 is 43.1. The SMILES string of the molecule is C=Cc1ccc(Oc2cncc(C(F)(F)F)c2)c(C#N)c1. The zero-order valence-electron chi connectivity index (χ0n) is 10.7. The third-order valence-electron chi connectivity index (χ3n) is 2.63. The summed E-state index contributed by atoms with van der Waals surface area (Å²) in [5.74, 6) is 0.0666. The average Bonchev–Trinajstić information content (AvgIpc) is 2.47. The Labute approximate surface area is 118 Å². The van der Waals surface area contributed by atoms with Crippen LogP contribution in [0, 0.1) is 11.3 Å². The first kappa shape index (κ1) is 14.6. The second-order valence-electron chi connectivity index (χ2n) is 4.08. The summed E-state index contributed by atoms with van der Waals surface area (Å²) in [6, 6.07) is 7.42. The molecule has 3 nitrogen and oxygen atoms in total. The number of hydrogen-bond donors (Lipinski definition) is 0. The summed E-state index contributed by atoms with van der Waals surface area (Å²) in [6.07, 6.45) is -1.09. The van der Waals surface area contributed by atoms with Gasteiger partial charge >= 0.3 is 6.18 Å². The molecule has 21 heavy (non-hydrogen) atoms. The zero-order valence-corrected chi connectivity index (χ0v) is 10.7. The van der Waals surface area contributed by atoms with Crippen LogP contribution in [0.2, 0.25) is 0 Å². The van der Waals surface area contributed by atoms with Crippen molar-refractivity contribution in [3.05, 3.63) is 59.9 Å². The van der Waals surface area contributed by atoms with Crippen LogP contribution < -0.4 is 4.74 Å². The summed E-state index contributed by atoms with van der Waals surface area (Å²) in [6.45, 7) is 3.57. The first-order valence-corrected chi connectivity index (χ1v) is 5.80. The van der Waals surface area contributed by atoms with Crippen molar-refractivity contribution in [2.24, 2.45) is 0 Å². The normalized spacial score (nSPS) is 10.8. The predicted octanol–water partition coefficient (Wildman–Crippen LogP) is 4.41. The number of ether oxygens (including phenoxy) is 1. The summed E-state index contributed by atoms with van der Waals surface area (Å²) in [5, 5.41) is 9.04. The number of halogens is 3. The van der Waals surface area contributed by atoms with Gasteiger partial charge in [-0.2, -0.15) is 18.4 Å². The molecule has 2 rings (SSSR count). The van der Waals surface area contributed by atoms with E-state index in [2.05, 4.69) is 11.6 Å². The Balaban J connectivity index is 2.35. The van der Waals surface area contributed by atoms with Crippen molar-refractivity contribution in [2.75, 3.05) is 0 Å². The Morgan fingerprint density at radius 3 is 2.62 bits per heavy atom. The molecule has 0 amide bonds. The molecule has 1 heterocycles. The van der Waals surface area contributed by atoms with E-state index >= 15 is 0 Å². The van der Waals surface area contributed by atoms with Gasteiger partial charge in [0, 0.05) is 6.20 Å². The first-order chi connectivity index (χ1) is 9.94. The smallest absolute Gasteiger partial charge is 0.418 e. The molecule has 0 N–H and O–H groups in total. The van der Waals surface area contributed by atoms with Crippen molar-refractivity contribution < 1.29 is 17.9 Å². The maximum Gasteiger partial charge on any atom is 0.418 e. The maximum absolute atomic E-state index is 12.6. The Hall–Kier alpha value is -2.81. The van der Waals surface area contributed by atoms with E-state index in [1.165, 1.54) is 12.1 Å². The molecule has 0 unspecified atom stereocenters. The lowest BCUT2D eigenvalue weighted by Gasteiger charge is -2.10. The van der Waals surface area contributed by atoms with Gasteiger partial charge < -0.3 is 4.74 Å². The van der Waals surface area contributed by atoms with Gasteiger partial charge in [0.05, 0.1) is 17.3 Å². The fourth-order valence-corrected chi connectivity index (χ4v) is 1.61. The van der Waals surface area contributed by atoms with Crippen LogP contribution in [-0.4, -0.2) is 4.98 Å². The van der Waals surface area contributed by atoms with Crippen molar-refractivity contribution in [3.8, 4) is 17.6 Å². The number of nitrogens with zero attached hydrogens (tertiary/aromatic N) is 2. The van der Waals surface area contributed by atoms with Gasteiger partial charge in [-0.25, -0.2) is 0 Å². The summed E-state index contributed by atoms with van der Waals surface area (Å²) in [5.41, 5.74) is -0.00732. The molecule has 0 fully saturated rings. The van der Waals surface area contributed by atoms with Crippen LogP contribution in [0.5, 0.6) is 11.5 Å². The molecule has 0 spiro atoms. The number of rotatable bonds is 3. The van der Waals surface area contributed by atoms with Gasteiger partial charge in [0.2, 0.25) is 0 Å². The molecular formula is C15H9F3N2O. The topological polar surface area (TPSA) is 45.9 Å². The van der Waals surface area contributed by atoms with Gasteiger partial charge in [0.25, 0.3) is 0 Å². The molecule has 0 aliphatic rings. The van der Waals surface area contributed by atoms with Crippen LogP contribution in [0.15, 0.2) is 43.2 Å². The molecule has 0 radical (unpaired) electrons. The van der Waals surface area contributed by atoms with Gasteiger partial charge in [0.1, 0.15) is 17.6 Å². The Kier molecular flexibility index (Phi) is 3.94. The third kappa shape index (κ3) is 3.39. The molecule has 0 bridgehead atoms.